The van der Waals surface area contributed by atoms with Gasteiger partial charge in [-0.3, -0.25) is 4.98 Å². The third-order valence-corrected chi connectivity index (χ3v) is 7.82. The van der Waals surface area contributed by atoms with Crippen LogP contribution in [0.3, 0.4) is 0 Å². The summed E-state index contributed by atoms with van der Waals surface area (Å²) in [7, 11) is 4.44. The fourth-order valence-electron chi connectivity index (χ4n) is 6.90. The minimum absolute atomic E-state index is 0.752. The number of aryl methyl sites for hydroxylation is 1. The lowest BCUT2D eigenvalue weighted by molar-refractivity contribution is -0.0603. The molecule has 1 aromatic heterocycles. The van der Waals surface area contributed by atoms with Gasteiger partial charge in [0.05, 0.1) is 0 Å². The topological polar surface area (TPSA) is 16.1 Å². The number of hydrogen-bond acceptors (Lipinski definition) is 2. The van der Waals surface area contributed by atoms with Crippen molar-refractivity contribution < 1.29 is 0 Å². The van der Waals surface area contributed by atoms with E-state index < -0.39 is 0 Å². The summed E-state index contributed by atoms with van der Waals surface area (Å²) < 4.78 is 0. The third kappa shape index (κ3) is 4.50. The van der Waals surface area contributed by atoms with E-state index >= 15 is 0 Å². The van der Waals surface area contributed by atoms with E-state index in [4.69, 9.17) is 0 Å². The van der Waals surface area contributed by atoms with Crippen molar-refractivity contribution in [2.75, 3.05) is 20.6 Å². The third-order valence-electron chi connectivity index (χ3n) is 7.82. The van der Waals surface area contributed by atoms with E-state index in [1.807, 2.05) is 12.4 Å². The van der Waals surface area contributed by atoms with Crippen LogP contribution in [0.1, 0.15) is 69.8 Å². The predicted octanol–water partition coefficient (Wildman–Crippen LogP) is 5.58. The van der Waals surface area contributed by atoms with Crippen LogP contribution < -0.4 is 0 Å². The zero-order chi connectivity index (χ0) is 18.0. The summed E-state index contributed by atoms with van der Waals surface area (Å²) in [5.41, 5.74) is 2.21. The summed E-state index contributed by atoms with van der Waals surface area (Å²) in [5.74, 6) is 4.17. The number of rotatable bonds is 9. The Morgan fingerprint density at radius 2 is 1.58 bits per heavy atom. The fraction of sp³-hybridized carbons (Fsp3) is 0.792. The molecule has 4 bridgehead atoms. The maximum atomic E-state index is 4.17. The van der Waals surface area contributed by atoms with Crippen LogP contribution in [0.2, 0.25) is 0 Å². The van der Waals surface area contributed by atoms with Crippen LogP contribution in [-0.4, -0.2) is 30.5 Å². The highest BCUT2D eigenvalue weighted by atomic mass is 15.0. The lowest BCUT2D eigenvalue weighted by atomic mass is 9.48. The van der Waals surface area contributed by atoms with Gasteiger partial charge in [-0.1, -0.05) is 0 Å². The summed E-state index contributed by atoms with van der Waals surface area (Å²) in [5, 5.41) is 0. The quantitative estimate of drug-likeness (QED) is 0.575. The second kappa shape index (κ2) is 8.00. The smallest absolute Gasteiger partial charge is 0.0270 e. The Labute approximate surface area is 160 Å². The van der Waals surface area contributed by atoms with E-state index in [2.05, 4.69) is 36.1 Å². The first-order chi connectivity index (χ1) is 12.6. The van der Waals surface area contributed by atoms with Crippen LogP contribution in [0.15, 0.2) is 24.5 Å². The van der Waals surface area contributed by atoms with Crippen LogP contribution in [0, 0.1) is 29.1 Å². The van der Waals surface area contributed by atoms with Crippen molar-refractivity contribution in [1.82, 2.24) is 9.88 Å². The van der Waals surface area contributed by atoms with Crippen molar-refractivity contribution in [3.63, 3.8) is 0 Å². The molecule has 144 valence electrons. The van der Waals surface area contributed by atoms with Gasteiger partial charge in [-0.2, -0.15) is 0 Å². The van der Waals surface area contributed by atoms with Gasteiger partial charge >= 0.3 is 0 Å². The molecule has 1 atom stereocenters. The summed E-state index contributed by atoms with van der Waals surface area (Å²) in [4.78, 5) is 6.53. The molecule has 0 aromatic carbocycles. The van der Waals surface area contributed by atoms with Crippen molar-refractivity contribution in [3.8, 4) is 0 Å². The molecule has 4 aliphatic rings. The van der Waals surface area contributed by atoms with Crippen molar-refractivity contribution in [3.05, 3.63) is 30.1 Å². The van der Waals surface area contributed by atoms with Gasteiger partial charge in [-0.15, -0.1) is 0 Å². The minimum atomic E-state index is 0.752. The lowest BCUT2D eigenvalue weighted by Gasteiger charge is -2.57. The van der Waals surface area contributed by atoms with Gasteiger partial charge in [-0.25, -0.2) is 0 Å². The molecule has 0 radical (unpaired) electrons. The molecule has 0 N–H and O–H groups in total. The minimum Gasteiger partial charge on any atom is -0.309 e. The molecular formula is C24H38N2. The number of pyridine rings is 1. The van der Waals surface area contributed by atoms with E-state index in [9.17, 15) is 0 Å². The van der Waals surface area contributed by atoms with E-state index in [-0.39, 0.29) is 0 Å². The van der Waals surface area contributed by atoms with Crippen LogP contribution in [-0.2, 0) is 6.42 Å². The van der Waals surface area contributed by atoms with Gasteiger partial charge in [-0.05, 0) is 138 Å². The second-order valence-electron chi connectivity index (χ2n) is 10.3. The first-order valence-corrected chi connectivity index (χ1v) is 11.1. The van der Waals surface area contributed by atoms with Crippen molar-refractivity contribution >= 4 is 0 Å². The molecule has 4 fully saturated rings. The molecule has 4 saturated carbocycles. The zero-order valence-electron chi connectivity index (χ0n) is 17.0. The van der Waals surface area contributed by atoms with E-state index in [1.54, 1.807) is 38.5 Å². The zero-order valence-corrected chi connectivity index (χ0v) is 17.0. The highest BCUT2D eigenvalue weighted by molar-refractivity contribution is 5.09. The normalized spacial score (nSPS) is 33.7. The summed E-state index contributed by atoms with van der Waals surface area (Å²) in [6, 6.07) is 4.39. The van der Waals surface area contributed by atoms with Crippen LogP contribution in [0.4, 0.5) is 0 Å². The van der Waals surface area contributed by atoms with Crippen molar-refractivity contribution in [2.45, 2.75) is 70.6 Å². The molecule has 1 aromatic rings. The Morgan fingerprint density at radius 1 is 0.962 bits per heavy atom. The Bertz CT molecular complexity index is 530. The number of nitrogens with zero attached hydrogens (tertiary/aromatic N) is 2. The van der Waals surface area contributed by atoms with Gasteiger partial charge in [0, 0.05) is 12.4 Å². The van der Waals surface area contributed by atoms with Crippen molar-refractivity contribution in [2.24, 2.45) is 29.1 Å². The summed E-state index contributed by atoms with van der Waals surface area (Å²) in [6.07, 6.45) is 20.3. The SMILES string of the molecule is CN(C)CCC(CCc1ccncc1)CCC12CC3CC(CC(C3)C1)C2. The Kier molecular flexibility index (Phi) is 5.69. The van der Waals surface area contributed by atoms with Gasteiger partial charge in [0.1, 0.15) is 0 Å². The summed E-state index contributed by atoms with van der Waals surface area (Å²) in [6.45, 7) is 1.24. The molecule has 26 heavy (non-hydrogen) atoms. The maximum absolute atomic E-state index is 4.17. The Balaban J connectivity index is 1.33. The van der Waals surface area contributed by atoms with Crippen LogP contribution in [0.5, 0.6) is 0 Å². The Morgan fingerprint density at radius 3 is 2.15 bits per heavy atom. The van der Waals surface area contributed by atoms with Gasteiger partial charge in [0.2, 0.25) is 0 Å². The lowest BCUT2D eigenvalue weighted by Crippen LogP contribution is -2.46. The molecule has 4 aliphatic carbocycles. The predicted molar refractivity (Wildman–Crippen MR) is 109 cm³/mol. The molecule has 0 saturated heterocycles. The highest BCUT2D eigenvalue weighted by Gasteiger charge is 2.50. The molecule has 5 rings (SSSR count). The maximum Gasteiger partial charge on any atom is 0.0270 e. The van der Waals surface area contributed by atoms with Gasteiger partial charge in [0.15, 0.2) is 0 Å². The fourth-order valence-corrected chi connectivity index (χ4v) is 6.90. The molecule has 1 unspecified atom stereocenters. The first-order valence-electron chi connectivity index (χ1n) is 11.1. The second-order valence-corrected chi connectivity index (χ2v) is 10.3. The average molecular weight is 355 g/mol. The van der Waals surface area contributed by atoms with E-state index in [1.165, 1.54) is 44.2 Å². The van der Waals surface area contributed by atoms with Gasteiger partial charge < -0.3 is 4.90 Å². The van der Waals surface area contributed by atoms with Gasteiger partial charge in [0.25, 0.3) is 0 Å². The molecule has 2 nitrogen and oxygen atoms in total. The van der Waals surface area contributed by atoms with Crippen LogP contribution >= 0.6 is 0 Å². The molecular weight excluding hydrogens is 316 g/mol. The molecule has 0 amide bonds. The number of hydrogen-bond donors (Lipinski definition) is 0. The van der Waals surface area contributed by atoms with Crippen LogP contribution in [0.25, 0.3) is 0 Å². The van der Waals surface area contributed by atoms with E-state index in [0.717, 1.165) is 29.1 Å². The Hall–Kier alpha value is -0.890. The molecule has 1 heterocycles. The van der Waals surface area contributed by atoms with Crippen molar-refractivity contribution in [1.29, 1.82) is 0 Å². The highest BCUT2D eigenvalue weighted by Crippen LogP contribution is 2.61. The number of aromatic nitrogens is 1. The first kappa shape index (κ1) is 18.5. The largest absolute Gasteiger partial charge is 0.309 e. The molecule has 0 aliphatic heterocycles. The summed E-state index contributed by atoms with van der Waals surface area (Å²) >= 11 is 0. The standard InChI is InChI=1S/C24H38N2/c1-26(2)12-8-19(3-4-20-6-10-25-11-7-20)5-9-24-16-21-13-22(17-24)15-23(14-21)18-24/h6-7,10-11,19,21-23H,3-5,8-9,12-18H2,1-2H3. The van der Waals surface area contributed by atoms with E-state index in [0.29, 0.717) is 0 Å². The monoisotopic (exact) mass is 354 g/mol. The average Bonchev–Trinajstić information content (AvgIpc) is 2.60. The molecule has 2 heteroatoms. The molecule has 0 spiro atoms.